The molecule has 0 spiro atoms. The summed E-state index contributed by atoms with van der Waals surface area (Å²) in [5.74, 6) is -0.00567. The van der Waals surface area contributed by atoms with Crippen molar-refractivity contribution in [1.82, 2.24) is 3.99 Å². The highest BCUT2D eigenvalue weighted by molar-refractivity contribution is 7.97. The van der Waals surface area contributed by atoms with Crippen molar-refractivity contribution in [2.24, 2.45) is 0 Å². The van der Waals surface area contributed by atoms with Crippen LogP contribution in [0.1, 0.15) is 5.56 Å². The highest BCUT2D eigenvalue weighted by Gasteiger charge is 2.17. The molecular weight excluding hydrogens is 224 g/mol. The first-order valence-electron chi connectivity index (χ1n) is 3.90. The highest BCUT2D eigenvalue weighted by atomic mass is 35.5. The lowest BCUT2D eigenvalue weighted by Gasteiger charge is -2.05. The molecule has 2 N–H and O–H groups in total. The van der Waals surface area contributed by atoms with Crippen LogP contribution in [-0.2, 0) is 11.2 Å². The quantitative estimate of drug-likeness (QED) is 0.464. The van der Waals surface area contributed by atoms with E-state index >= 15 is 0 Å². The molecule has 4 nitrogen and oxygen atoms in total. The maximum absolute atomic E-state index is 11.0. The smallest absolute Gasteiger partial charge is 0.228 e. The summed E-state index contributed by atoms with van der Waals surface area (Å²) in [7, 11) is 0. The number of carbonyl (C=O) groups excluding carboxylic acids is 1. The van der Waals surface area contributed by atoms with Gasteiger partial charge in [-0.3, -0.25) is 10.0 Å². The summed E-state index contributed by atoms with van der Waals surface area (Å²) in [5, 5.41) is 11.5. The van der Waals surface area contributed by atoms with Crippen molar-refractivity contribution in [2.75, 3.05) is 5.32 Å². The molecule has 6 heteroatoms. The standard InChI is InChI=1S/C8H7ClN2O2S/c9-11(13)14-6-1-2-7-5(3-6)4-8(12)10-7/h1-3,13H,4H2,(H,10,12). The second-order valence-corrected chi connectivity index (χ2v) is 4.38. The summed E-state index contributed by atoms with van der Waals surface area (Å²) in [4.78, 5) is 11.8. The molecule has 0 saturated carbocycles. The molecule has 1 amide bonds. The van der Waals surface area contributed by atoms with Crippen LogP contribution in [0.15, 0.2) is 23.1 Å². The van der Waals surface area contributed by atoms with Gasteiger partial charge < -0.3 is 5.32 Å². The summed E-state index contributed by atoms with van der Waals surface area (Å²) in [6, 6.07) is 5.40. The van der Waals surface area contributed by atoms with Crippen LogP contribution in [0.5, 0.6) is 0 Å². The van der Waals surface area contributed by atoms with Gasteiger partial charge in [-0.1, -0.05) is 0 Å². The first kappa shape index (κ1) is 9.79. The van der Waals surface area contributed by atoms with E-state index in [-0.39, 0.29) is 5.91 Å². The second kappa shape index (κ2) is 3.78. The van der Waals surface area contributed by atoms with Crippen LogP contribution in [-0.4, -0.2) is 15.1 Å². The Labute approximate surface area is 90.0 Å². The molecule has 1 heterocycles. The van der Waals surface area contributed by atoms with Crippen LogP contribution >= 0.6 is 23.7 Å². The molecule has 0 atom stereocenters. The number of anilines is 1. The van der Waals surface area contributed by atoms with E-state index < -0.39 is 0 Å². The molecule has 0 bridgehead atoms. The number of nitrogens with one attached hydrogen (secondary N) is 1. The Morgan fingerprint density at radius 2 is 2.36 bits per heavy atom. The maximum atomic E-state index is 11.0. The summed E-state index contributed by atoms with van der Waals surface area (Å²) in [6.07, 6.45) is 0.386. The topological polar surface area (TPSA) is 52.6 Å². The lowest BCUT2D eigenvalue weighted by molar-refractivity contribution is -0.115. The average molecular weight is 231 g/mol. The Balaban J connectivity index is 2.24. The van der Waals surface area contributed by atoms with Gasteiger partial charge in [0.15, 0.2) is 0 Å². The maximum Gasteiger partial charge on any atom is 0.228 e. The van der Waals surface area contributed by atoms with E-state index in [1.165, 1.54) is 0 Å². The molecule has 0 fully saturated rings. The molecule has 14 heavy (non-hydrogen) atoms. The van der Waals surface area contributed by atoms with Crippen LogP contribution in [0.2, 0.25) is 0 Å². The molecular formula is C8H7ClN2O2S. The van der Waals surface area contributed by atoms with E-state index in [0.29, 0.717) is 10.4 Å². The number of rotatable bonds is 2. The van der Waals surface area contributed by atoms with E-state index in [4.69, 9.17) is 17.0 Å². The Morgan fingerprint density at radius 3 is 3.07 bits per heavy atom. The zero-order valence-corrected chi connectivity index (χ0v) is 8.60. The summed E-state index contributed by atoms with van der Waals surface area (Å²) >= 11 is 6.24. The number of carbonyl (C=O) groups is 1. The molecule has 1 aromatic carbocycles. The minimum absolute atomic E-state index is 0.00567. The fourth-order valence-electron chi connectivity index (χ4n) is 1.35. The van der Waals surface area contributed by atoms with E-state index in [9.17, 15) is 4.79 Å². The van der Waals surface area contributed by atoms with Crippen LogP contribution in [0.25, 0.3) is 0 Å². The zero-order valence-electron chi connectivity index (χ0n) is 7.03. The van der Waals surface area contributed by atoms with E-state index in [1.807, 2.05) is 6.07 Å². The number of hydrogen-bond acceptors (Lipinski definition) is 4. The number of nitrogens with zero attached hydrogens (tertiary/aromatic N) is 1. The van der Waals surface area contributed by atoms with E-state index in [2.05, 4.69) is 5.32 Å². The SMILES string of the molecule is O=C1Cc2cc(SN(O)Cl)ccc2N1. The van der Waals surface area contributed by atoms with Crippen molar-refractivity contribution < 1.29 is 10.0 Å². The molecule has 0 radical (unpaired) electrons. The van der Waals surface area contributed by atoms with Crippen molar-refractivity contribution >= 4 is 35.3 Å². The molecule has 1 aliphatic heterocycles. The van der Waals surface area contributed by atoms with Gasteiger partial charge in [0.05, 0.1) is 6.42 Å². The molecule has 74 valence electrons. The molecule has 1 aromatic rings. The molecule has 0 aliphatic carbocycles. The number of benzene rings is 1. The third-order valence-corrected chi connectivity index (χ3v) is 2.70. The average Bonchev–Trinajstić information content (AvgIpc) is 2.42. The van der Waals surface area contributed by atoms with Gasteiger partial charge in [-0.2, -0.15) is 0 Å². The summed E-state index contributed by atoms with van der Waals surface area (Å²) in [5.41, 5.74) is 1.76. The van der Waals surface area contributed by atoms with Crippen molar-refractivity contribution in [3.05, 3.63) is 23.8 Å². The molecule has 0 saturated heterocycles. The first-order chi connectivity index (χ1) is 6.65. The first-order valence-corrected chi connectivity index (χ1v) is 5.02. The normalized spacial score (nSPS) is 14.4. The van der Waals surface area contributed by atoms with Crippen molar-refractivity contribution in [3.8, 4) is 0 Å². The fourth-order valence-corrected chi connectivity index (χ4v) is 2.09. The lowest BCUT2D eigenvalue weighted by atomic mass is 10.2. The predicted molar refractivity (Wildman–Crippen MR) is 54.1 cm³/mol. The number of fused-ring (bicyclic) bond motifs is 1. The Bertz CT molecular complexity index is 384. The van der Waals surface area contributed by atoms with Gasteiger partial charge in [-0.05, 0) is 27.8 Å². The van der Waals surface area contributed by atoms with Crippen molar-refractivity contribution in [3.63, 3.8) is 0 Å². The van der Waals surface area contributed by atoms with E-state index in [0.717, 1.165) is 28.1 Å². The summed E-state index contributed by atoms with van der Waals surface area (Å²) in [6.45, 7) is 0. The monoisotopic (exact) mass is 230 g/mol. The Morgan fingerprint density at radius 1 is 1.57 bits per heavy atom. The van der Waals surface area contributed by atoms with Gasteiger partial charge in [0.1, 0.15) is 0 Å². The third-order valence-electron chi connectivity index (χ3n) is 1.88. The van der Waals surface area contributed by atoms with Gasteiger partial charge in [0, 0.05) is 34.3 Å². The lowest BCUT2D eigenvalue weighted by Crippen LogP contribution is -2.03. The molecule has 2 rings (SSSR count). The van der Waals surface area contributed by atoms with Crippen LogP contribution in [0.4, 0.5) is 5.69 Å². The second-order valence-electron chi connectivity index (χ2n) is 2.86. The van der Waals surface area contributed by atoms with Gasteiger partial charge in [0.2, 0.25) is 5.91 Å². The zero-order chi connectivity index (χ0) is 10.1. The largest absolute Gasteiger partial charge is 0.326 e. The third kappa shape index (κ3) is 2.01. The van der Waals surface area contributed by atoms with Gasteiger partial charge in [-0.15, -0.1) is 0 Å². The van der Waals surface area contributed by atoms with Crippen molar-refractivity contribution in [2.45, 2.75) is 11.3 Å². The summed E-state index contributed by atoms with van der Waals surface area (Å²) < 4.78 is 0.506. The number of halogens is 1. The molecule has 0 aromatic heterocycles. The Hall–Kier alpha value is -0.750. The number of hydrogen-bond donors (Lipinski definition) is 2. The fraction of sp³-hybridized carbons (Fsp3) is 0.125. The van der Waals surface area contributed by atoms with Gasteiger partial charge >= 0.3 is 0 Å². The van der Waals surface area contributed by atoms with Crippen LogP contribution in [0, 0.1) is 0 Å². The number of amides is 1. The minimum atomic E-state index is -0.00567. The van der Waals surface area contributed by atoms with Gasteiger partial charge in [-0.25, -0.2) is 0 Å². The Kier molecular flexibility index (Phi) is 2.64. The van der Waals surface area contributed by atoms with E-state index in [1.54, 1.807) is 12.1 Å². The molecule has 1 aliphatic rings. The highest BCUT2D eigenvalue weighted by Crippen LogP contribution is 2.29. The van der Waals surface area contributed by atoms with Gasteiger partial charge in [0.25, 0.3) is 0 Å². The predicted octanol–water partition coefficient (Wildman–Crippen LogP) is 2.03. The molecule has 0 unspecified atom stereocenters. The minimum Gasteiger partial charge on any atom is -0.326 e. The van der Waals surface area contributed by atoms with Crippen LogP contribution < -0.4 is 5.32 Å². The van der Waals surface area contributed by atoms with Crippen molar-refractivity contribution in [1.29, 1.82) is 0 Å². The van der Waals surface area contributed by atoms with Crippen LogP contribution in [0.3, 0.4) is 0 Å².